The average Bonchev–Trinajstić information content (AvgIpc) is 3.28. The number of halogens is 1. The van der Waals surface area contributed by atoms with Crippen LogP contribution in [0.2, 0.25) is 0 Å². The fourth-order valence-electron chi connectivity index (χ4n) is 3.32. The molecule has 1 amide bonds. The first kappa shape index (κ1) is 21.9. The molecular weight excluding hydrogens is 422 g/mol. The second-order valence-corrected chi connectivity index (χ2v) is 6.47. The number of para-hydroxylation sites is 2. The Bertz CT molecular complexity index is 1240. The van der Waals surface area contributed by atoms with E-state index in [9.17, 15) is 14.9 Å². The maximum Gasteiger partial charge on any atom is 0.282 e. The monoisotopic (exact) mass is 439 g/mol. The molecule has 2 heterocycles. The van der Waals surface area contributed by atoms with Gasteiger partial charge >= 0.3 is 0 Å². The molecule has 0 radical (unpaired) electrons. The standard InChI is InChI=1S/C21H17N5O4.ClH/c1-30-12-14-11-23-19-16(20(14)25-10-9-22-13-25)6-4-7-17(19)24-21(27)15-5-2-3-8-18(15)26(28)29;/h2-11,13H,12H2,1H3,(H,24,27);1H. The Morgan fingerprint density at radius 3 is 2.74 bits per heavy atom. The third-order valence-electron chi connectivity index (χ3n) is 4.60. The SMILES string of the molecule is COCc1cnc2c(NC(=O)c3ccccc3[N+](=O)[O-])cccc2c1-n1ccnc1.Cl. The summed E-state index contributed by atoms with van der Waals surface area (Å²) in [6, 6.07) is 11.2. The highest BCUT2D eigenvalue weighted by molar-refractivity contribution is 6.11. The Labute approximate surface area is 183 Å². The molecule has 0 unspecified atom stereocenters. The predicted octanol–water partition coefficient (Wildman–Crippen LogP) is 4.15. The summed E-state index contributed by atoms with van der Waals surface area (Å²) in [7, 11) is 1.60. The van der Waals surface area contributed by atoms with Crippen LogP contribution in [0.5, 0.6) is 0 Å². The summed E-state index contributed by atoms with van der Waals surface area (Å²) < 4.78 is 7.15. The van der Waals surface area contributed by atoms with Gasteiger partial charge in [-0.25, -0.2) is 4.98 Å². The smallest absolute Gasteiger partial charge is 0.282 e. The molecule has 9 nitrogen and oxygen atoms in total. The lowest BCUT2D eigenvalue weighted by atomic mass is 10.1. The van der Waals surface area contributed by atoms with Gasteiger partial charge < -0.3 is 14.6 Å². The normalized spacial score (nSPS) is 10.5. The lowest BCUT2D eigenvalue weighted by Crippen LogP contribution is -2.14. The molecule has 0 atom stereocenters. The van der Waals surface area contributed by atoms with Crippen LogP contribution in [0.1, 0.15) is 15.9 Å². The van der Waals surface area contributed by atoms with Crippen LogP contribution in [0.25, 0.3) is 16.6 Å². The second-order valence-electron chi connectivity index (χ2n) is 6.47. The number of amides is 1. The van der Waals surface area contributed by atoms with E-state index in [4.69, 9.17) is 4.74 Å². The number of methoxy groups -OCH3 is 1. The molecule has 1 N–H and O–H groups in total. The molecule has 0 bridgehead atoms. The van der Waals surface area contributed by atoms with E-state index in [0.717, 1.165) is 16.6 Å². The zero-order valence-corrected chi connectivity index (χ0v) is 17.2. The van der Waals surface area contributed by atoms with Crippen LogP contribution in [-0.4, -0.2) is 32.5 Å². The Morgan fingerprint density at radius 1 is 1.23 bits per heavy atom. The summed E-state index contributed by atoms with van der Waals surface area (Å²) in [5.74, 6) is -0.582. The van der Waals surface area contributed by atoms with Gasteiger partial charge in [0.1, 0.15) is 5.56 Å². The van der Waals surface area contributed by atoms with E-state index in [-0.39, 0.29) is 23.7 Å². The molecule has 31 heavy (non-hydrogen) atoms. The minimum Gasteiger partial charge on any atom is -0.380 e. The van der Waals surface area contributed by atoms with Gasteiger partial charge in [0.15, 0.2) is 0 Å². The molecule has 0 spiro atoms. The highest BCUT2D eigenvalue weighted by atomic mass is 35.5. The number of nitro benzene ring substituents is 1. The van der Waals surface area contributed by atoms with Crippen LogP contribution < -0.4 is 5.32 Å². The fraction of sp³-hybridized carbons (Fsp3) is 0.0952. The van der Waals surface area contributed by atoms with Gasteiger partial charge in [0.25, 0.3) is 11.6 Å². The van der Waals surface area contributed by atoms with Gasteiger partial charge in [0, 0.05) is 42.7 Å². The molecule has 4 aromatic rings. The number of carbonyl (C=O) groups is 1. The van der Waals surface area contributed by atoms with Crippen LogP contribution in [-0.2, 0) is 11.3 Å². The van der Waals surface area contributed by atoms with Crippen molar-refractivity contribution in [2.24, 2.45) is 0 Å². The number of carbonyl (C=O) groups excluding carboxylic acids is 1. The maximum atomic E-state index is 12.8. The highest BCUT2D eigenvalue weighted by Crippen LogP contribution is 2.30. The van der Waals surface area contributed by atoms with E-state index in [2.05, 4.69) is 15.3 Å². The molecular formula is C21H18ClN5O4. The Morgan fingerprint density at radius 2 is 2.03 bits per heavy atom. The van der Waals surface area contributed by atoms with Gasteiger partial charge in [0.2, 0.25) is 0 Å². The van der Waals surface area contributed by atoms with Crippen molar-refractivity contribution in [3.05, 3.63) is 88.6 Å². The molecule has 0 aliphatic rings. The van der Waals surface area contributed by atoms with Crippen molar-refractivity contribution in [3.63, 3.8) is 0 Å². The van der Waals surface area contributed by atoms with E-state index in [1.54, 1.807) is 44.0 Å². The van der Waals surface area contributed by atoms with Crippen molar-refractivity contribution in [2.75, 3.05) is 12.4 Å². The quantitative estimate of drug-likeness (QED) is 0.356. The molecule has 4 rings (SSSR count). The Hall–Kier alpha value is -3.82. The zero-order valence-electron chi connectivity index (χ0n) is 16.4. The molecule has 2 aromatic carbocycles. The van der Waals surface area contributed by atoms with Gasteiger partial charge in [-0.1, -0.05) is 24.3 Å². The van der Waals surface area contributed by atoms with E-state index in [1.165, 1.54) is 18.2 Å². The van der Waals surface area contributed by atoms with Gasteiger partial charge in [-0.3, -0.25) is 19.9 Å². The maximum absolute atomic E-state index is 12.8. The number of rotatable bonds is 6. The zero-order chi connectivity index (χ0) is 21.1. The molecule has 0 aliphatic heterocycles. The third kappa shape index (κ3) is 4.23. The summed E-state index contributed by atoms with van der Waals surface area (Å²) >= 11 is 0. The molecule has 0 saturated carbocycles. The number of ether oxygens (including phenoxy) is 1. The minimum absolute atomic E-state index is 0. The number of nitro groups is 1. The van der Waals surface area contributed by atoms with E-state index >= 15 is 0 Å². The number of hydrogen-bond acceptors (Lipinski definition) is 6. The average molecular weight is 440 g/mol. The second kappa shape index (κ2) is 9.33. The molecule has 0 fully saturated rings. The number of anilines is 1. The largest absolute Gasteiger partial charge is 0.380 e. The number of imidazole rings is 1. The first-order valence-electron chi connectivity index (χ1n) is 9.02. The summed E-state index contributed by atoms with van der Waals surface area (Å²) in [5, 5.41) is 14.8. The van der Waals surface area contributed by atoms with Crippen molar-refractivity contribution in [1.82, 2.24) is 14.5 Å². The number of aromatic nitrogens is 3. The summed E-state index contributed by atoms with van der Waals surface area (Å²) in [6.07, 6.45) is 6.84. The van der Waals surface area contributed by atoms with Crippen LogP contribution in [0.4, 0.5) is 11.4 Å². The molecule has 2 aromatic heterocycles. The molecule has 158 valence electrons. The Kier molecular flexibility index (Phi) is 6.58. The number of nitrogens with one attached hydrogen (secondary N) is 1. The van der Waals surface area contributed by atoms with Gasteiger partial charge in [0.05, 0.1) is 34.7 Å². The topological polar surface area (TPSA) is 112 Å². The number of hydrogen-bond donors (Lipinski definition) is 1. The van der Waals surface area contributed by atoms with Crippen molar-refractivity contribution in [2.45, 2.75) is 6.61 Å². The first-order chi connectivity index (χ1) is 14.6. The molecule has 0 aliphatic carbocycles. The third-order valence-corrected chi connectivity index (χ3v) is 4.60. The number of nitrogens with zero attached hydrogens (tertiary/aromatic N) is 4. The van der Waals surface area contributed by atoms with E-state index in [1.807, 2.05) is 16.8 Å². The van der Waals surface area contributed by atoms with Crippen LogP contribution in [0.3, 0.4) is 0 Å². The van der Waals surface area contributed by atoms with E-state index < -0.39 is 10.8 Å². The number of fused-ring (bicyclic) bond motifs is 1. The number of benzene rings is 2. The number of pyridine rings is 1. The minimum atomic E-state index is -0.582. The van der Waals surface area contributed by atoms with Crippen molar-refractivity contribution in [3.8, 4) is 5.69 Å². The van der Waals surface area contributed by atoms with Crippen LogP contribution in [0.15, 0.2) is 67.4 Å². The summed E-state index contributed by atoms with van der Waals surface area (Å²) in [4.78, 5) is 32.1. The molecule has 0 saturated heterocycles. The van der Waals surface area contributed by atoms with Crippen LogP contribution >= 0.6 is 12.4 Å². The van der Waals surface area contributed by atoms with Crippen LogP contribution in [0, 0.1) is 10.1 Å². The molecule has 10 heteroatoms. The summed E-state index contributed by atoms with van der Waals surface area (Å²) in [6.45, 7) is 0.350. The van der Waals surface area contributed by atoms with Crippen molar-refractivity contribution >= 4 is 40.6 Å². The highest BCUT2D eigenvalue weighted by Gasteiger charge is 2.21. The first-order valence-corrected chi connectivity index (χ1v) is 9.02. The van der Waals surface area contributed by atoms with E-state index in [0.29, 0.717) is 17.8 Å². The van der Waals surface area contributed by atoms with Gasteiger partial charge in [-0.2, -0.15) is 0 Å². The lowest BCUT2D eigenvalue weighted by Gasteiger charge is -2.15. The van der Waals surface area contributed by atoms with Crippen molar-refractivity contribution in [1.29, 1.82) is 0 Å². The van der Waals surface area contributed by atoms with Gasteiger partial charge in [-0.05, 0) is 12.1 Å². The van der Waals surface area contributed by atoms with Crippen molar-refractivity contribution < 1.29 is 14.5 Å². The predicted molar refractivity (Wildman–Crippen MR) is 118 cm³/mol. The lowest BCUT2D eigenvalue weighted by molar-refractivity contribution is -0.385. The Balaban J connectivity index is 0.00000272. The fourth-order valence-corrected chi connectivity index (χ4v) is 3.32. The summed E-state index contributed by atoms with van der Waals surface area (Å²) in [5.41, 5.74) is 2.40. The van der Waals surface area contributed by atoms with Gasteiger partial charge in [-0.15, -0.1) is 12.4 Å².